The van der Waals surface area contributed by atoms with E-state index in [9.17, 15) is 9.59 Å². The molecule has 0 aromatic carbocycles. The van der Waals surface area contributed by atoms with Crippen LogP contribution in [0.5, 0.6) is 0 Å². The van der Waals surface area contributed by atoms with Gasteiger partial charge in [-0.2, -0.15) is 0 Å². The van der Waals surface area contributed by atoms with E-state index >= 15 is 0 Å². The Labute approximate surface area is 198 Å². The zero-order valence-corrected chi connectivity index (χ0v) is 19.1. The summed E-state index contributed by atoms with van der Waals surface area (Å²) in [6, 6.07) is 0. The molecule has 4 rings (SSSR count). The van der Waals surface area contributed by atoms with E-state index < -0.39 is 12.3 Å². The molecule has 34 heavy (non-hydrogen) atoms. The van der Waals surface area contributed by atoms with E-state index in [2.05, 4.69) is 38.4 Å². The average molecular weight is 495 g/mol. The number of nitrogens with two attached hydrogens (primary N) is 1. The summed E-state index contributed by atoms with van der Waals surface area (Å²) in [7, 11) is 0. The lowest BCUT2D eigenvalue weighted by Crippen LogP contribution is -2.37. The SMILES string of the molecule is CC(C)Cn1c(Cl)nc2c(N3CCOCC3)nc(-c3cnc(N)nc3)nc21.O=C(O)OC(=O)O. The smallest absolute Gasteiger partial charge is 0.449 e. The third-order valence-corrected chi connectivity index (χ3v) is 4.78. The lowest BCUT2D eigenvalue weighted by atomic mass is 10.2. The van der Waals surface area contributed by atoms with Gasteiger partial charge >= 0.3 is 12.3 Å². The van der Waals surface area contributed by atoms with Crippen molar-refractivity contribution in [3.8, 4) is 11.4 Å². The molecule has 3 aromatic rings. The molecule has 1 aliphatic rings. The summed E-state index contributed by atoms with van der Waals surface area (Å²) in [4.78, 5) is 42.7. The minimum atomic E-state index is -1.81. The highest BCUT2D eigenvalue weighted by molar-refractivity contribution is 6.29. The van der Waals surface area contributed by atoms with Gasteiger partial charge in [-0.05, 0) is 17.5 Å². The first-order valence-electron chi connectivity index (χ1n) is 10.1. The van der Waals surface area contributed by atoms with Crippen molar-refractivity contribution in [3.05, 3.63) is 17.7 Å². The molecule has 3 aromatic heterocycles. The van der Waals surface area contributed by atoms with E-state index in [1.165, 1.54) is 0 Å². The third kappa shape index (κ3) is 6.17. The van der Waals surface area contributed by atoms with Crippen LogP contribution in [0.4, 0.5) is 21.4 Å². The predicted molar refractivity (Wildman–Crippen MR) is 121 cm³/mol. The number of hydrogen-bond acceptors (Lipinski definition) is 11. The number of aromatic nitrogens is 6. The maximum Gasteiger partial charge on any atom is 0.516 e. The fourth-order valence-electron chi connectivity index (χ4n) is 3.14. The first-order chi connectivity index (χ1) is 16.2. The van der Waals surface area contributed by atoms with Crippen LogP contribution in [0.15, 0.2) is 12.4 Å². The number of hydrogen-bond donors (Lipinski definition) is 3. The Morgan fingerprint density at radius 3 is 2.29 bits per heavy atom. The zero-order chi connectivity index (χ0) is 24.8. The monoisotopic (exact) mass is 494 g/mol. The van der Waals surface area contributed by atoms with Crippen LogP contribution < -0.4 is 10.6 Å². The molecule has 0 unspecified atom stereocenters. The first-order valence-corrected chi connectivity index (χ1v) is 10.5. The Morgan fingerprint density at radius 1 is 1.15 bits per heavy atom. The van der Waals surface area contributed by atoms with Crippen LogP contribution in [0, 0.1) is 5.92 Å². The van der Waals surface area contributed by atoms with Gasteiger partial charge < -0.3 is 30.3 Å². The predicted octanol–water partition coefficient (Wildman–Crippen LogP) is 2.37. The summed E-state index contributed by atoms with van der Waals surface area (Å²) in [6.45, 7) is 7.73. The van der Waals surface area contributed by atoms with Gasteiger partial charge in [0.2, 0.25) is 11.2 Å². The summed E-state index contributed by atoms with van der Waals surface area (Å²) in [5, 5.41) is 15.4. The molecular formula is C19H23ClN8O6. The maximum absolute atomic E-state index is 9.21. The van der Waals surface area contributed by atoms with Crippen molar-refractivity contribution >= 4 is 46.8 Å². The molecule has 0 spiro atoms. The van der Waals surface area contributed by atoms with Crippen LogP contribution in [0.2, 0.25) is 5.28 Å². The molecule has 0 aliphatic carbocycles. The molecule has 1 saturated heterocycles. The highest BCUT2D eigenvalue weighted by atomic mass is 35.5. The Kier molecular flexibility index (Phi) is 7.96. The third-order valence-electron chi connectivity index (χ3n) is 4.49. The van der Waals surface area contributed by atoms with Gasteiger partial charge in [-0.3, -0.25) is 4.57 Å². The van der Waals surface area contributed by atoms with Gasteiger partial charge in [0.05, 0.1) is 18.8 Å². The number of halogens is 1. The molecule has 15 heteroatoms. The van der Waals surface area contributed by atoms with Crippen LogP contribution in [-0.4, -0.2) is 78.3 Å². The van der Waals surface area contributed by atoms with Crippen molar-refractivity contribution in [2.24, 2.45) is 5.92 Å². The number of anilines is 2. The largest absolute Gasteiger partial charge is 0.516 e. The van der Waals surface area contributed by atoms with Gasteiger partial charge in [0.1, 0.15) is 0 Å². The lowest BCUT2D eigenvalue weighted by Gasteiger charge is -2.28. The number of carbonyl (C=O) groups is 2. The first kappa shape index (κ1) is 24.9. The number of nitrogens with zero attached hydrogens (tertiary/aromatic N) is 7. The number of ether oxygens (including phenoxy) is 2. The van der Waals surface area contributed by atoms with E-state index in [-0.39, 0.29) is 5.95 Å². The molecule has 0 amide bonds. The normalized spacial score (nSPS) is 13.5. The van der Waals surface area contributed by atoms with Crippen molar-refractivity contribution < 1.29 is 29.3 Å². The van der Waals surface area contributed by atoms with Crippen LogP contribution in [0.1, 0.15) is 13.8 Å². The molecule has 0 radical (unpaired) electrons. The highest BCUT2D eigenvalue weighted by Gasteiger charge is 2.23. The van der Waals surface area contributed by atoms with E-state index in [0.29, 0.717) is 53.5 Å². The van der Waals surface area contributed by atoms with Crippen LogP contribution >= 0.6 is 11.6 Å². The molecule has 14 nitrogen and oxygen atoms in total. The minimum Gasteiger partial charge on any atom is -0.449 e. The lowest BCUT2D eigenvalue weighted by molar-refractivity contribution is 0.0802. The van der Waals surface area contributed by atoms with Crippen molar-refractivity contribution in [2.45, 2.75) is 20.4 Å². The Morgan fingerprint density at radius 2 is 1.76 bits per heavy atom. The molecule has 182 valence electrons. The van der Waals surface area contributed by atoms with Crippen LogP contribution in [-0.2, 0) is 16.0 Å². The molecule has 0 saturated carbocycles. The van der Waals surface area contributed by atoms with Crippen LogP contribution in [0.3, 0.4) is 0 Å². The summed E-state index contributed by atoms with van der Waals surface area (Å²) < 4.78 is 10.5. The number of rotatable bonds is 4. The zero-order valence-electron chi connectivity index (χ0n) is 18.4. The summed E-state index contributed by atoms with van der Waals surface area (Å²) >= 11 is 6.44. The van der Waals surface area contributed by atoms with Gasteiger partial charge in [-0.15, -0.1) is 0 Å². The minimum absolute atomic E-state index is 0.209. The van der Waals surface area contributed by atoms with Crippen molar-refractivity contribution in [1.82, 2.24) is 29.5 Å². The van der Waals surface area contributed by atoms with E-state index in [4.69, 9.17) is 42.3 Å². The number of morpholine rings is 1. The Balaban J connectivity index is 0.000000406. The van der Waals surface area contributed by atoms with E-state index in [0.717, 1.165) is 18.9 Å². The van der Waals surface area contributed by atoms with E-state index in [1.807, 2.05) is 4.57 Å². The second-order valence-corrected chi connectivity index (χ2v) is 7.83. The topological polar surface area (TPSA) is 192 Å². The molecule has 1 fully saturated rings. The van der Waals surface area contributed by atoms with Crippen molar-refractivity contribution in [2.75, 3.05) is 36.9 Å². The second kappa shape index (κ2) is 10.9. The van der Waals surface area contributed by atoms with E-state index in [1.54, 1.807) is 12.4 Å². The number of nitrogen functional groups attached to an aromatic ring is 1. The average Bonchev–Trinajstić information content (AvgIpc) is 3.08. The van der Waals surface area contributed by atoms with Gasteiger partial charge in [-0.1, -0.05) is 13.8 Å². The molecule has 1 aliphatic heterocycles. The Hall–Kier alpha value is -3.78. The van der Waals surface area contributed by atoms with Gasteiger partial charge in [0, 0.05) is 32.0 Å². The van der Waals surface area contributed by atoms with Gasteiger partial charge in [0.25, 0.3) is 0 Å². The molecule has 0 bridgehead atoms. The number of imidazole rings is 1. The quantitative estimate of drug-likeness (QED) is 0.272. The summed E-state index contributed by atoms with van der Waals surface area (Å²) in [6.07, 6.45) is -0.380. The van der Waals surface area contributed by atoms with Gasteiger partial charge in [-0.25, -0.2) is 34.5 Å². The maximum atomic E-state index is 9.21. The van der Waals surface area contributed by atoms with Crippen LogP contribution in [0.25, 0.3) is 22.6 Å². The van der Waals surface area contributed by atoms with Crippen molar-refractivity contribution in [3.63, 3.8) is 0 Å². The molecule has 4 heterocycles. The number of carboxylic acid groups (broad SMARTS) is 2. The van der Waals surface area contributed by atoms with Gasteiger partial charge in [0.15, 0.2) is 22.8 Å². The fraction of sp³-hybridized carbons (Fsp3) is 0.421. The number of fused-ring (bicyclic) bond motifs is 1. The fourth-order valence-corrected chi connectivity index (χ4v) is 3.37. The highest BCUT2D eigenvalue weighted by Crippen LogP contribution is 2.30. The second-order valence-electron chi connectivity index (χ2n) is 7.49. The Bertz CT molecular complexity index is 1150. The molecule has 0 atom stereocenters. The molecule has 4 N–H and O–H groups in total. The summed E-state index contributed by atoms with van der Waals surface area (Å²) in [5.41, 5.74) is 7.70. The summed E-state index contributed by atoms with van der Waals surface area (Å²) in [5.74, 6) is 1.87. The standard InChI is InChI=1S/C17H21ClN8O.C2H2O5/c1-10(2)9-26-15-12(22-16(26)18)14(25-3-5-27-6-4-25)23-13(24-15)11-7-20-17(19)21-8-11;3-1(4)7-2(5)6/h7-8,10H,3-6,9H2,1-2H3,(H2,19,20,21);(H,3,4)(H,5,6). The van der Waals surface area contributed by atoms with Crippen molar-refractivity contribution in [1.29, 1.82) is 0 Å². The molecular weight excluding hydrogens is 472 g/mol.